The first kappa shape index (κ1) is 24.8. The van der Waals surface area contributed by atoms with Crippen molar-refractivity contribution < 1.29 is 14.3 Å². The number of nitrogens with zero attached hydrogens (tertiary/aromatic N) is 3. The van der Waals surface area contributed by atoms with E-state index in [2.05, 4.69) is 15.5 Å². The van der Waals surface area contributed by atoms with Gasteiger partial charge in [-0.3, -0.25) is 9.36 Å². The summed E-state index contributed by atoms with van der Waals surface area (Å²) in [6.07, 6.45) is 0. The van der Waals surface area contributed by atoms with Crippen LogP contribution in [0.3, 0.4) is 0 Å². The topological polar surface area (TPSA) is 78.3 Å². The van der Waals surface area contributed by atoms with Gasteiger partial charge < -0.3 is 14.8 Å². The molecular weight excluding hydrogens is 484 g/mol. The molecule has 0 atom stereocenters. The van der Waals surface area contributed by atoms with Crippen LogP contribution in [0.1, 0.15) is 15.9 Å². The lowest BCUT2D eigenvalue weighted by molar-refractivity contribution is 0.0936. The van der Waals surface area contributed by atoms with Crippen molar-refractivity contribution in [2.45, 2.75) is 10.9 Å². The molecule has 0 aliphatic heterocycles. The van der Waals surface area contributed by atoms with Gasteiger partial charge in [0.1, 0.15) is 5.75 Å². The molecule has 0 fully saturated rings. The first-order valence-corrected chi connectivity index (χ1v) is 12.3. The summed E-state index contributed by atoms with van der Waals surface area (Å²) in [7, 11) is 3.24. The lowest BCUT2D eigenvalue weighted by Gasteiger charge is -2.13. The van der Waals surface area contributed by atoms with E-state index >= 15 is 0 Å². The van der Waals surface area contributed by atoms with Crippen molar-refractivity contribution >= 4 is 29.3 Å². The van der Waals surface area contributed by atoms with E-state index in [1.165, 1.54) is 11.8 Å². The van der Waals surface area contributed by atoms with E-state index in [1.807, 2.05) is 77.4 Å². The highest BCUT2D eigenvalue weighted by atomic mass is 35.5. The van der Waals surface area contributed by atoms with E-state index in [9.17, 15) is 4.79 Å². The van der Waals surface area contributed by atoms with Crippen molar-refractivity contribution in [1.82, 2.24) is 20.1 Å². The lowest BCUT2D eigenvalue weighted by atomic mass is 10.1. The van der Waals surface area contributed by atoms with E-state index in [-0.39, 0.29) is 5.91 Å². The molecule has 1 heterocycles. The predicted octanol–water partition coefficient (Wildman–Crippen LogP) is 5.26. The first-order valence-electron chi connectivity index (χ1n) is 10.9. The summed E-state index contributed by atoms with van der Waals surface area (Å²) in [6, 6.07) is 22.8. The fourth-order valence-corrected chi connectivity index (χ4v) is 4.69. The number of benzene rings is 3. The average Bonchev–Trinajstić information content (AvgIpc) is 3.31. The zero-order valence-electron chi connectivity index (χ0n) is 19.4. The first-order chi connectivity index (χ1) is 17.1. The van der Waals surface area contributed by atoms with Crippen LogP contribution in [0.4, 0.5) is 0 Å². The molecule has 7 nitrogen and oxygen atoms in total. The number of carbonyl (C=O) groups is 1. The minimum absolute atomic E-state index is 0.133. The predicted molar refractivity (Wildman–Crippen MR) is 139 cm³/mol. The molecular formula is C26H25ClN4O3S. The number of amides is 1. The van der Waals surface area contributed by atoms with Crippen molar-refractivity contribution in [3.63, 3.8) is 0 Å². The molecule has 0 spiro atoms. The third-order valence-electron chi connectivity index (χ3n) is 5.29. The Hall–Kier alpha value is -3.33. The third-order valence-corrected chi connectivity index (χ3v) is 6.60. The maximum absolute atomic E-state index is 12.7. The Morgan fingerprint density at radius 1 is 1.00 bits per heavy atom. The molecule has 0 bridgehead atoms. The van der Waals surface area contributed by atoms with Crippen LogP contribution in [0.15, 0.2) is 78.0 Å². The van der Waals surface area contributed by atoms with Crippen LogP contribution in [-0.2, 0) is 10.5 Å². The van der Waals surface area contributed by atoms with Crippen molar-refractivity contribution in [2.24, 2.45) is 0 Å². The van der Waals surface area contributed by atoms with Crippen LogP contribution < -0.4 is 10.1 Å². The number of ether oxygens (including phenoxy) is 2. The second-order valence-corrected chi connectivity index (χ2v) is 8.86. The summed E-state index contributed by atoms with van der Waals surface area (Å²) >= 11 is 7.99. The molecule has 1 aromatic heterocycles. The van der Waals surface area contributed by atoms with Gasteiger partial charge in [-0.2, -0.15) is 0 Å². The molecule has 4 aromatic rings. The maximum Gasteiger partial charge on any atom is 0.251 e. The Bertz CT molecular complexity index is 1290. The van der Waals surface area contributed by atoms with Gasteiger partial charge in [0.2, 0.25) is 0 Å². The maximum atomic E-state index is 12.7. The molecule has 0 saturated carbocycles. The lowest BCUT2D eigenvalue weighted by Crippen LogP contribution is -2.27. The van der Waals surface area contributed by atoms with Gasteiger partial charge >= 0.3 is 0 Å². The number of carbonyl (C=O) groups excluding carboxylic acids is 1. The summed E-state index contributed by atoms with van der Waals surface area (Å²) < 4.78 is 12.3. The molecule has 35 heavy (non-hydrogen) atoms. The summed E-state index contributed by atoms with van der Waals surface area (Å²) in [5, 5.41) is 13.1. The van der Waals surface area contributed by atoms with E-state index in [4.69, 9.17) is 21.1 Å². The van der Waals surface area contributed by atoms with Crippen LogP contribution in [-0.4, -0.2) is 48.0 Å². The fourth-order valence-electron chi connectivity index (χ4n) is 3.52. The number of halogens is 1. The molecule has 180 valence electrons. The van der Waals surface area contributed by atoms with Crippen LogP contribution in [0, 0.1) is 0 Å². The van der Waals surface area contributed by atoms with Gasteiger partial charge in [0.05, 0.1) is 18.7 Å². The van der Waals surface area contributed by atoms with Crippen molar-refractivity contribution in [3.8, 4) is 22.8 Å². The van der Waals surface area contributed by atoms with E-state index < -0.39 is 0 Å². The van der Waals surface area contributed by atoms with Crippen molar-refractivity contribution in [3.05, 3.63) is 88.9 Å². The van der Waals surface area contributed by atoms with Gasteiger partial charge in [0.15, 0.2) is 11.0 Å². The van der Waals surface area contributed by atoms with Crippen LogP contribution in [0.5, 0.6) is 5.75 Å². The van der Waals surface area contributed by atoms with Gasteiger partial charge in [-0.15, -0.1) is 10.2 Å². The number of methoxy groups -OCH3 is 2. The normalized spacial score (nSPS) is 10.8. The number of nitrogens with one attached hydrogen (secondary N) is 1. The smallest absolute Gasteiger partial charge is 0.251 e. The third kappa shape index (κ3) is 5.85. The Labute approximate surface area is 213 Å². The minimum atomic E-state index is -0.133. The number of hydrogen-bond donors (Lipinski definition) is 1. The highest BCUT2D eigenvalue weighted by molar-refractivity contribution is 7.98. The molecule has 0 aliphatic carbocycles. The van der Waals surface area contributed by atoms with E-state index in [0.29, 0.717) is 40.5 Å². The molecule has 0 saturated heterocycles. The fraction of sp³-hybridized carbons (Fsp3) is 0.192. The standard InChI is InChI=1S/C26H25ClN4O3S/c1-33-16-15-28-25(32)21-8-4-3-7-18(21)17-35-26-30-29-24(22-9-5-6-10-23(22)27)31(26)19-11-13-20(34-2)14-12-19/h3-14H,15-17H2,1-2H3,(H,28,32). The monoisotopic (exact) mass is 508 g/mol. The van der Waals surface area contributed by atoms with Gasteiger partial charge in [0, 0.05) is 36.2 Å². The van der Waals surface area contributed by atoms with Crippen molar-refractivity contribution in [2.75, 3.05) is 27.4 Å². The summed E-state index contributed by atoms with van der Waals surface area (Å²) in [6.45, 7) is 0.905. The Morgan fingerprint density at radius 3 is 2.49 bits per heavy atom. The van der Waals surface area contributed by atoms with Gasteiger partial charge in [0.25, 0.3) is 5.91 Å². The van der Waals surface area contributed by atoms with Gasteiger partial charge in [-0.25, -0.2) is 0 Å². The molecule has 0 radical (unpaired) electrons. The average molecular weight is 509 g/mol. The number of rotatable bonds is 10. The molecule has 4 rings (SSSR count). The highest BCUT2D eigenvalue weighted by Crippen LogP contribution is 2.33. The minimum Gasteiger partial charge on any atom is -0.497 e. The van der Waals surface area contributed by atoms with E-state index in [0.717, 1.165) is 22.6 Å². The zero-order valence-corrected chi connectivity index (χ0v) is 21.0. The van der Waals surface area contributed by atoms with Crippen molar-refractivity contribution in [1.29, 1.82) is 0 Å². The van der Waals surface area contributed by atoms with Gasteiger partial charge in [-0.1, -0.05) is 53.7 Å². The molecule has 0 aliphatic rings. The Balaban J connectivity index is 1.66. The largest absolute Gasteiger partial charge is 0.497 e. The SMILES string of the molecule is COCCNC(=O)c1ccccc1CSc1nnc(-c2ccccc2Cl)n1-c1ccc(OC)cc1. The van der Waals surface area contributed by atoms with Crippen LogP contribution >= 0.6 is 23.4 Å². The molecule has 3 aromatic carbocycles. The molecule has 9 heteroatoms. The van der Waals surface area contributed by atoms with Crippen LogP contribution in [0.25, 0.3) is 17.1 Å². The van der Waals surface area contributed by atoms with E-state index in [1.54, 1.807) is 14.2 Å². The Morgan fingerprint density at radius 2 is 1.74 bits per heavy atom. The summed E-state index contributed by atoms with van der Waals surface area (Å²) in [5.74, 6) is 1.79. The second-order valence-electron chi connectivity index (χ2n) is 7.51. The molecule has 1 N–H and O–H groups in total. The quantitative estimate of drug-likeness (QED) is 0.232. The second kappa shape index (κ2) is 11.9. The summed E-state index contributed by atoms with van der Waals surface area (Å²) in [5.41, 5.74) is 3.18. The number of aromatic nitrogens is 3. The highest BCUT2D eigenvalue weighted by Gasteiger charge is 2.19. The van der Waals surface area contributed by atoms with Crippen LogP contribution in [0.2, 0.25) is 5.02 Å². The Kier molecular flexibility index (Phi) is 8.41. The molecule has 1 amide bonds. The zero-order chi connectivity index (χ0) is 24.6. The molecule has 0 unspecified atom stereocenters. The van der Waals surface area contributed by atoms with Gasteiger partial charge in [-0.05, 0) is 48.0 Å². The number of hydrogen-bond acceptors (Lipinski definition) is 6. The summed E-state index contributed by atoms with van der Waals surface area (Å²) in [4.78, 5) is 12.7. The number of thioether (sulfide) groups is 1.